The number of nitrogens with one attached hydrogen (secondary N) is 1. The van der Waals surface area contributed by atoms with E-state index >= 15 is 0 Å². The number of anilines is 2. The summed E-state index contributed by atoms with van der Waals surface area (Å²) >= 11 is 7.25. The minimum absolute atomic E-state index is 0.0798. The van der Waals surface area contributed by atoms with Crippen LogP contribution in [0.1, 0.15) is 23.1 Å². The van der Waals surface area contributed by atoms with E-state index in [1.807, 2.05) is 32.9 Å². The minimum atomic E-state index is -0.555. The first-order valence-electron chi connectivity index (χ1n) is 8.88. The molecule has 1 saturated heterocycles. The molecule has 28 heavy (non-hydrogen) atoms. The van der Waals surface area contributed by atoms with E-state index in [4.69, 9.17) is 11.6 Å². The van der Waals surface area contributed by atoms with E-state index in [1.54, 1.807) is 24.3 Å². The molecule has 146 valence electrons. The smallest absolute Gasteiger partial charge is 0.247 e. The summed E-state index contributed by atoms with van der Waals surface area (Å²) in [4.78, 5) is 38.6. The molecule has 0 aromatic heterocycles. The van der Waals surface area contributed by atoms with Crippen molar-refractivity contribution >= 4 is 52.5 Å². The second-order valence-corrected chi connectivity index (χ2v) is 8.40. The van der Waals surface area contributed by atoms with Crippen molar-refractivity contribution in [1.29, 1.82) is 0 Å². The molecule has 1 atom stereocenters. The third-order valence-corrected chi connectivity index (χ3v) is 6.42. The van der Waals surface area contributed by atoms with Gasteiger partial charge in [0.15, 0.2) is 0 Å². The Hall–Kier alpha value is -2.31. The van der Waals surface area contributed by atoms with Crippen molar-refractivity contribution in [2.75, 3.05) is 16.0 Å². The number of hydrogen-bond donors (Lipinski definition) is 1. The molecule has 7 heteroatoms. The second kappa shape index (κ2) is 8.37. The molecule has 0 bridgehead atoms. The molecule has 1 N–H and O–H groups in total. The molecule has 0 saturated carbocycles. The molecule has 2 aromatic rings. The number of benzene rings is 2. The Morgan fingerprint density at radius 1 is 1.18 bits per heavy atom. The first kappa shape index (κ1) is 20.4. The van der Waals surface area contributed by atoms with Crippen LogP contribution in [0.5, 0.6) is 0 Å². The van der Waals surface area contributed by atoms with Gasteiger partial charge in [-0.15, -0.1) is 11.8 Å². The summed E-state index contributed by atoms with van der Waals surface area (Å²) < 4.78 is 0. The lowest BCUT2D eigenvalue weighted by molar-refractivity contribution is -0.121. The number of amides is 3. The van der Waals surface area contributed by atoms with Gasteiger partial charge in [-0.2, -0.15) is 0 Å². The average molecular weight is 417 g/mol. The highest BCUT2D eigenvalue weighted by Gasteiger charge is 2.40. The number of aryl methyl sites for hydroxylation is 2. The van der Waals surface area contributed by atoms with Crippen molar-refractivity contribution < 1.29 is 14.4 Å². The van der Waals surface area contributed by atoms with Gasteiger partial charge in [0.2, 0.25) is 17.7 Å². The van der Waals surface area contributed by atoms with Crippen molar-refractivity contribution in [3.05, 3.63) is 58.1 Å². The van der Waals surface area contributed by atoms with Crippen molar-refractivity contribution in [3.63, 3.8) is 0 Å². The van der Waals surface area contributed by atoms with E-state index in [0.29, 0.717) is 16.4 Å². The normalized spacial score (nSPS) is 16.6. The summed E-state index contributed by atoms with van der Waals surface area (Å²) in [6, 6.07) is 10.8. The van der Waals surface area contributed by atoms with Gasteiger partial charge in [-0.1, -0.05) is 23.7 Å². The molecule has 3 rings (SSSR count). The van der Waals surface area contributed by atoms with E-state index in [-0.39, 0.29) is 29.9 Å². The standard InChI is InChI=1S/C21H21ClN2O3S/c1-12-7-8-15(9-13(12)2)24-20(26)10-18(21(24)27)28-11-19(25)23-17-6-4-5-16(22)14(17)3/h4-9,18H,10-11H2,1-3H3,(H,23,25)/t18-/m1/s1. The van der Waals surface area contributed by atoms with Crippen LogP contribution in [0.25, 0.3) is 0 Å². The Morgan fingerprint density at radius 2 is 1.93 bits per heavy atom. The zero-order valence-electron chi connectivity index (χ0n) is 15.9. The molecule has 5 nitrogen and oxygen atoms in total. The maximum absolute atomic E-state index is 12.7. The fourth-order valence-corrected chi connectivity index (χ4v) is 4.08. The van der Waals surface area contributed by atoms with Crippen molar-refractivity contribution in [2.45, 2.75) is 32.4 Å². The lowest BCUT2D eigenvalue weighted by Gasteiger charge is -2.16. The number of carbonyl (C=O) groups excluding carboxylic acids is 3. The first-order valence-corrected chi connectivity index (χ1v) is 10.3. The van der Waals surface area contributed by atoms with Crippen LogP contribution in [0, 0.1) is 20.8 Å². The van der Waals surface area contributed by atoms with Gasteiger partial charge in [-0.05, 0) is 61.7 Å². The number of hydrogen-bond acceptors (Lipinski definition) is 4. The van der Waals surface area contributed by atoms with E-state index in [9.17, 15) is 14.4 Å². The van der Waals surface area contributed by atoms with Crippen molar-refractivity contribution in [3.8, 4) is 0 Å². The maximum atomic E-state index is 12.7. The molecule has 0 aliphatic carbocycles. The van der Waals surface area contributed by atoms with Gasteiger partial charge >= 0.3 is 0 Å². The van der Waals surface area contributed by atoms with Crippen LogP contribution in [0.2, 0.25) is 5.02 Å². The van der Waals surface area contributed by atoms with Crippen LogP contribution >= 0.6 is 23.4 Å². The Morgan fingerprint density at radius 3 is 2.64 bits per heavy atom. The Bertz CT molecular complexity index is 961. The maximum Gasteiger partial charge on any atom is 0.247 e. The summed E-state index contributed by atoms with van der Waals surface area (Å²) in [6.45, 7) is 5.75. The lowest BCUT2D eigenvalue weighted by atomic mass is 10.1. The molecule has 1 heterocycles. The van der Waals surface area contributed by atoms with Crippen molar-refractivity contribution in [1.82, 2.24) is 0 Å². The predicted octanol–water partition coefficient (Wildman–Crippen LogP) is 4.27. The molecular weight excluding hydrogens is 396 g/mol. The number of thioether (sulfide) groups is 1. The number of nitrogens with zero attached hydrogens (tertiary/aromatic N) is 1. The van der Waals surface area contributed by atoms with Crippen molar-refractivity contribution in [2.24, 2.45) is 0 Å². The van der Waals surface area contributed by atoms with E-state index < -0.39 is 5.25 Å². The van der Waals surface area contributed by atoms with Gasteiger partial charge in [0.05, 0.1) is 16.7 Å². The average Bonchev–Trinajstić information content (AvgIpc) is 2.93. The number of halogens is 1. The zero-order chi connectivity index (χ0) is 20.4. The van der Waals surface area contributed by atoms with Gasteiger partial charge in [0.25, 0.3) is 0 Å². The summed E-state index contributed by atoms with van der Waals surface area (Å²) in [7, 11) is 0. The Kier molecular flexibility index (Phi) is 6.10. The monoisotopic (exact) mass is 416 g/mol. The zero-order valence-corrected chi connectivity index (χ0v) is 17.5. The largest absolute Gasteiger partial charge is 0.325 e. The highest BCUT2D eigenvalue weighted by molar-refractivity contribution is 8.01. The van der Waals surface area contributed by atoms with Crippen LogP contribution in [-0.2, 0) is 14.4 Å². The lowest BCUT2D eigenvalue weighted by Crippen LogP contribution is -2.31. The molecule has 1 aliphatic heterocycles. The fourth-order valence-electron chi connectivity index (χ4n) is 2.98. The van der Waals surface area contributed by atoms with E-state index in [0.717, 1.165) is 16.7 Å². The van der Waals surface area contributed by atoms with Crippen LogP contribution in [0.4, 0.5) is 11.4 Å². The molecule has 0 unspecified atom stereocenters. The van der Waals surface area contributed by atoms with Gasteiger partial charge in [-0.25, -0.2) is 4.90 Å². The third-order valence-electron chi connectivity index (χ3n) is 4.81. The highest BCUT2D eigenvalue weighted by Crippen LogP contribution is 2.31. The topological polar surface area (TPSA) is 66.5 Å². The Labute approximate surface area is 173 Å². The van der Waals surface area contributed by atoms with E-state index in [2.05, 4.69) is 5.32 Å². The first-order chi connectivity index (χ1) is 13.3. The van der Waals surface area contributed by atoms with Gasteiger partial charge in [-0.3, -0.25) is 14.4 Å². The summed E-state index contributed by atoms with van der Waals surface area (Å²) in [5, 5.41) is 2.82. The molecule has 2 aromatic carbocycles. The summed E-state index contributed by atoms with van der Waals surface area (Å²) in [6.07, 6.45) is 0.0971. The van der Waals surface area contributed by atoms with Gasteiger partial charge in [0, 0.05) is 17.1 Å². The highest BCUT2D eigenvalue weighted by atomic mass is 35.5. The number of imide groups is 1. The van der Waals surface area contributed by atoms with Crippen LogP contribution in [0.3, 0.4) is 0 Å². The van der Waals surface area contributed by atoms with Gasteiger partial charge in [0.1, 0.15) is 0 Å². The predicted molar refractivity (Wildman–Crippen MR) is 114 cm³/mol. The SMILES string of the molecule is Cc1ccc(N2C(=O)C[C@@H](SCC(=O)Nc3cccc(Cl)c3C)C2=O)cc1C. The summed E-state index contributed by atoms with van der Waals surface area (Å²) in [5.41, 5.74) is 4.13. The summed E-state index contributed by atoms with van der Waals surface area (Å²) in [5.74, 6) is -0.668. The van der Waals surface area contributed by atoms with Gasteiger partial charge < -0.3 is 5.32 Å². The minimum Gasteiger partial charge on any atom is -0.325 e. The third kappa shape index (κ3) is 4.23. The molecule has 3 amide bonds. The number of rotatable bonds is 5. The van der Waals surface area contributed by atoms with Crippen LogP contribution in [0.15, 0.2) is 36.4 Å². The molecular formula is C21H21ClN2O3S. The quantitative estimate of drug-likeness (QED) is 0.739. The Balaban J connectivity index is 1.63. The molecule has 1 fully saturated rings. The molecule has 0 radical (unpaired) electrons. The second-order valence-electron chi connectivity index (χ2n) is 6.80. The van der Waals surface area contributed by atoms with Crippen LogP contribution < -0.4 is 10.2 Å². The van der Waals surface area contributed by atoms with E-state index in [1.165, 1.54) is 16.7 Å². The fraction of sp³-hybridized carbons (Fsp3) is 0.286. The molecule has 1 aliphatic rings. The molecule has 0 spiro atoms. The van der Waals surface area contributed by atoms with Crippen LogP contribution in [-0.4, -0.2) is 28.7 Å². The number of carbonyl (C=O) groups is 3.